The molecule has 0 N–H and O–H groups in total. The smallest absolute Gasteiger partial charge is 0.0774 e. The lowest BCUT2D eigenvalue weighted by Gasteiger charge is -2.03. The molecule has 0 aliphatic rings. The molecule has 2 heterocycles. The topological polar surface area (TPSA) is 30.7 Å². The molecule has 2 aromatic heterocycles. The highest BCUT2D eigenvalue weighted by atomic mass is 15.3. The third-order valence-corrected chi connectivity index (χ3v) is 2.62. The molecule has 0 aliphatic carbocycles. The molecule has 0 bridgehead atoms. The van der Waals surface area contributed by atoms with Crippen LogP contribution in [0.5, 0.6) is 0 Å². The van der Waals surface area contributed by atoms with E-state index >= 15 is 0 Å². The van der Waals surface area contributed by atoms with Gasteiger partial charge in [-0.2, -0.15) is 5.10 Å². The highest BCUT2D eigenvalue weighted by molar-refractivity contribution is 5.82. The van der Waals surface area contributed by atoms with E-state index in [1.807, 2.05) is 31.4 Å². The van der Waals surface area contributed by atoms with Gasteiger partial charge in [0.15, 0.2) is 0 Å². The van der Waals surface area contributed by atoms with Gasteiger partial charge in [0.05, 0.1) is 17.4 Å². The SMILES string of the molecule is Cn1nc[c]c1-c1cnc2ccccc2c1. The molecule has 16 heavy (non-hydrogen) atoms. The maximum atomic E-state index is 4.42. The Morgan fingerprint density at radius 1 is 1.25 bits per heavy atom. The van der Waals surface area contributed by atoms with Gasteiger partial charge in [0.1, 0.15) is 0 Å². The number of fused-ring (bicyclic) bond motifs is 1. The van der Waals surface area contributed by atoms with Crippen LogP contribution in [0.3, 0.4) is 0 Å². The van der Waals surface area contributed by atoms with Crippen molar-refractivity contribution in [3.63, 3.8) is 0 Å². The van der Waals surface area contributed by atoms with E-state index in [-0.39, 0.29) is 0 Å². The second-order valence-electron chi connectivity index (χ2n) is 3.68. The summed E-state index contributed by atoms with van der Waals surface area (Å²) >= 11 is 0. The van der Waals surface area contributed by atoms with Gasteiger partial charge in [-0.05, 0) is 12.1 Å². The molecule has 3 aromatic rings. The zero-order valence-corrected chi connectivity index (χ0v) is 8.88. The number of para-hydroxylation sites is 1. The molecular weight excluding hydrogens is 198 g/mol. The Balaban J connectivity index is 2.23. The standard InChI is InChI=1S/C13H10N3/c1-16-13(6-7-15-16)11-8-10-4-2-3-5-12(10)14-9-11/h2-5,7-9H,1H3. The normalized spacial score (nSPS) is 10.8. The number of hydrogen-bond donors (Lipinski definition) is 0. The summed E-state index contributed by atoms with van der Waals surface area (Å²) in [5.74, 6) is 0. The maximum Gasteiger partial charge on any atom is 0.0774 e. The van der Waals surface area contributed by atoms with E-state index in [4.69, 9.17) is 0 Å². The van der Waals surface area contributed by atoms with Gasteiger partial charge in [0, 0.05) is 30.3 Å². The number of nitrogens with zero attached hydrogens (tertiary/aromatic N) is 3. The van der Waals surface area contributed by atoms with E-state index in [0.29, 0.717) is 0 Å². The van der Waals surface area contributed by atoms with E-state index < -0.39 is 0 Å². The van der Waals surface area contributed by atoms with Crippen LogP contribution in [0.25, 0.3) is 22.2 Å². The molecule has 1 radical (unpaired) electrons. The highest BCUT2D eigenvalue weighted by Crippen LogP contribution is 2.21. The summed E-state index contributed by atoms with van der Waals surface area (Å²) in [4.78, 5) is 4.42. The summed E-state index contributed by atoms with van der Waals surface area (Å²) in [6.07, 6.45) is 3.53. The predicted octanol–water partition coefficient (Wildman–Crippen LogP) is 2.44. The van der Waals surface area contributed by atoms with Crippen molar-refractivity contribution in [2.45, 2.75) is 0 Å². The van der Waals surface area contributed by atoms with Crippen molar-refractivity contribution in [2.24, 2.45) is 7.05 Å². The van der Waals surface area contributed by atoms with E-state index in [0.717, 1.165) is 22.2 Å². The van der Waals surface area contributed by atoms with Crippen LogP contribution in [0.4, 0.5) is 0 Å². The van der Waals surface area contributed by atoms with Crippen molar-refractivity contribution in [3.8, 4) is 11.3 Å². The minimum absolute atomic E-state index is 0.957. The van der Waals surface area contributed by atoms with Crippen LogP contribution in [0.2, 0.25) is 0 Å². The lowest BCUT2D eigenvalue weighted by molar-refractivity contribution is 0.775. The fourth-order valence-corrected chi connectivity index (χ4v) is 1.80. The van der Waals surface area contributed by atoms with Gasteiger partial charge < -0.3 is 0 Å². The van der Waals surface area contributed by atoms with Gasteiger partial charge >= 0.3 is 0 Å². The third kappa shape index (κ3) is 1.37. The van der Waals surface area contributed by atoms with Crippen molar-refractivity contribution in [2.75, 3.05) is 0 Å². The average molecular weight is 208 g/mol. The molecule has 0 amide bonds. The number of pyridine rings is 1. The van der Waals surface area contributed by atoms with Crippen molar-refractivity contribution in [1.82, 2.24) is 14.8 Å². The van der Waals surface area contributed by atoms with Crippen LogP contribution < -0.4 is 0 Å². The second kappa shape index (κ2) is 3.45. The largest absolute Gasteiger partial charge is 0.267 e. The molecule has 3 rings (SSSR count). The summed E-state index contributed by atoms with van der Waals surface area (Å²) in [5, 5.41) is 5.24. The number of rotatable bonds is 1. The van der Waals surface area contributed by atoms with E-state index in [2.05, 4.69) is 28.3 Å². The first-order chi connectivity index (χ1) is 7.84. The van der Waals surface area contributed by atoms with Gasteiger partial charge in [-0.15, -0.1) is 0 Å². The van der Waals surface area contributed by atoms with Crippen LogP contribution in [-0.2, 0) is 7.05 Å². The molecule has 0 fully saturated rings. The monoisotopic (exact) mass is 208 g/mol. The van der Waals surface area contributed by atoms with Gasteiger partial charge in [-0.1, -0.05) is 18.2 Å². The van der Waals surface area contributed by atoms with Crippen molar-refractivity contribution >= 4 is 10.9 Å². The third-order valence-electron chi connectivity index (χ3n) is 2.62. The lowest BCUT2D eigenvalue weighted by Crippen LogP contribution is -1.93. The summed E-state index contributed by atoms with van der Waals surface area (Å²) in [6, 6.07) is 13.3. The summed E-state index contributed by atoms with van der Waals surface area (Å²) in [5.41, 5.74) is 3.00. The summed E-state index contributed by atoms with van der Waals surface area (Å²) < 4.78 is 1.80. The van der Waals surface area contributed by atoms with Gasteiger partial charge in [0.25, 0.3) is 0 Å². The second-order valence-corrected chi connectivity index (χ2v) is 3.68. The molecule has 3 heteroatoms. The van der Waals surface area contributed by atoms with Crippen molar-refractivity contribution in [3.05, 3.63) is 48.8 Å². The minimum atomic E-state index is 0.957. The molecule has 0 saturated carbocycles. The summed E-state index contributed by atoms with van der Waals surface area (Å²) in [7, 11) is 1.90. The van der Waals surface area contributed by atoms with Crippen LogP contribution >= 0.6 is 0 Å². The van der Waals surface area contributed by atoms with Gasteiger partial charge in [0.2, 0.25) is 0 Å². The van der Waals surface area contributed by atoms with E-state index in [1.165, 1.54) is 0 Å². The minimum Gasteiger partial charge on any atom is -0.267 e. The summed E-state index contributed by atoms with van der Waals surface area (Å²) in [6.45, 7) is 0. The predicted molar refractivity (Wildman–Crippen MR) is 62.8 cm³/mol. The van der Waals surface area contributed by atoms with Crippen LogP contribution in [-0.4, -0.2) is 14.8 Å². The molecule has 3 nitrogen and oxygen atoms in total. The Hall–Kier alpha value is -2.16. The fraction of sp³-hybridized carbons (Fsp3) is 0.0769. The maximum absolute atomic E-state index is 4.42. The van der Waals surface area contributed by atoms with Crippen molar-refractivity contribution in [1.29, 1.82) is 0 Å². The Bertz CT molecular complexity index is 640. The van der Waals surface area contributed by atoms with Crippen LogP contribution in [0.15, 0.2) is 42.7 Å². The number of hydrogen-bond acceptors (Lipinski definition) is 2. The zero-order chi connectivity index (χ0) is 11.0. The fourth-order valence-electron chi connectivity index (χ4n) is 1.80. The number of aromatic nitrogens is 3. The quantitative estimate of drug-likeness (QED) is 0.615. The molecule has 1 aromatic carbocycles. The van der Waals surface area contributed by atoms with Crippen LogP contribution in [0.1, 0.15) is 0 Å². The van der Waals surface area contributed by atoms with Gasteiger partial charge in [-0.25, -0.2) is 0 Å². The molecule has 0 spiro atoms. The van der Waals surface area contributed by atoms with Gasteiger partial charge in [-0.3, -0.25) is 9.67 Å². The molecular formula is C13H10N3. The Morgan fingerprint density at radius 2 is 2.12 bits per heavy atom. The average Bonchev–Trinajstić information content (AvgIpc) is 2.75. The Morgan fingerprint density at radius 3 is 2.94 bits per heavy atom. The zero-order valence-electron chi connectivity index (χ0n) is 8.88. The Labute approximate surface area is 93.4 Å². The number of benzene rings is 1. The Kier molecular flexibility index (Phi) is 1.96. The lowest BCUT2D eigenvalue weighted by atomic mass is 10.1. The molecule has 0 unspecified atom stereocenters. The molecule has 77 valence electrons. The van der Waals surface area contributed by atoms with E-state index in [9.17, 15) is 0 Å². The van der Waals surface area contributed by atoms with Crippen molar-refractivity contribution < 1.29 is 0 Å². The first kappa shape index (κ1) is 9.09. The highest BCUT2D eigenvalue weighted by Gasteiger charge is 2.04. The van der Waals surface area contributed by atoms with Crippen LogP contribution in [0, 0.1) is 6.07 Å². The molecule has 0 saturated heterocycles. The number of aryl methyl sites for hydroxylation is 1. The first-order valence-electron chi connectivity index (χ1n) is 5.09. The molecule has 0 aliphatic heterocycles. The first-order valence-corrected chi connectivity index (χ1v) is 5.09. The van der Waals surface area contributed by atoms with E-state index in [1.54, 1.807) is 10.9 Å². The molecule has 0 atom stereocenters.